The fraction of sp³-hybridized carbons (Fsp3) is 0.714. The summed E-state index contributed by atoms with van der Waals surface area (Å²) in [6.45, 7) is 0.412. The van der Waals surface area contributed by atoms with Gasteiger partial charge >= 0.3 is 11.9 Å². The molecule has 0 saturated carbocycles. The zero-order valence-corrected chi connectivity index (χ0v) is 14.7. The number of nitrogens with two attached hydrogens (primary N) is 2. The lowest BCUT2D eigenvalue weighted by molar-refractivity contribution is -0.141. The zero-order valence-electron chi connectivity index (χ0n) is 13.8. The van der Waals surface area contributed by atoms with E-state index in [0.29, 0.717) is 19.4 Å². The zero-order chi connectivity index (χ0) is 19.4. The highest BCUT2D eigenvalue weighted by Gasteiger charge is 2.27. The van der Waals surface area contributed by atoms with Crippen molar-refractivity contribution in [3.8, 4) is 0 Å². The lowest BCUT2D eigenvalue weighted by Crippen LogP contribution is -2.54. The standard InChI is InChI=1S/C14H26N4O6S/c15-6-2-1-3-9(13(22)18-10(7-25)14(23)24)17-12(21)8(16)4-5-11(19)20/h8-10,25H,1-7,15-16H2,(H,17,21)(H,18,22)(H,19,20)(H,23,24). The van der Waals surface area contributed by atoms with Crippen molar-refractivity contribution in [2.24, 2.45) is 11.5 Å². The summed E-state index contributed by atoms with van der Waals surface area (Å²) < 4.78 is 0. The van der Waals surface area contributed by atoms with Crippen LogP contribution < -0.4 is 22.1 Å². The van der Waals surface area contributed by atoms with Gasteiger partial charge in [0.25, 0.3) is 0 Å². The summed E-state index contributed by atoms with van der Waals surface area (Å²) in [5.41, 5.74) is 11.0. The Morgan fingerprint density at radius 2 is 1.56 bits per heavy atom. The van der Waals surface area contributed by atoms with Crippen molar-refractivity contribution in [1.82, 2.24) is 10.6 Å². The van der Waals surface area contributed by atoms with E-state index < -0.39 is 41.9 Å². The molecule has 11 heteroatoms. The van der Waals surface area contributed by atoms with Crippen LogP contribution >= 0.6 is 12.6 Å². The molecular weight excluding hydrogens is 352 g/mol. The molecule has 0 aliphatic carbocycles. The van der Waals surface area contributed by atoms with Crippen molar-refractivity contribution in [1.29, 1.82) is 0 Å². The number of carboxylic acid groups (broad SMARTS) is 2. The summed E-state index contributed by atoms with van der Waals surface area (Å²) in [6.07, 6.45) is 1.06. The molecule has 10 nitrogen and oxygen atoms in total. The Morgan fingerprint density at radius 1 is 0.960 bits per heavy atom. The Hall–Kier alpha value is -1.85. The minimum absolute atomic E-state index is 0.0767. The summed E-state index contributed by atoms with van der Waals surface area (Å²) in [4.78, 5) is 45.8. The Labute approximate surface area is 151 Å². The van der Waals surface area contributed by atoms with Crippen LogP contribution in [0.4, 0.5) is 0 Å². The van der Waals surface area contributed by atoms with Crippen LogP contribution in [0.2, 0.25) is 0 Å². The average molecular weight is 378 g/mol. The highest BCUT2D eigenvalue weighted by atomic mass is 32.1. The SMILES string of the molecule is NCCCCC(NC(=O)C(N)CCC(=O)O)C(=O)NC(CS)C(=O)O. The van der Waals surface area contributed by atoms with Crippen LogP contribution in [-0.2, 0) is 19.2 Å². The van der Waals surface area contributed by atoms with E-state index in [-0.39, 0.29) is 25.0 Å². The predicted molar refractivity (Wildman–Crippen MR) is 93.1 cm³/mol. The van der Waals surface area contributed by atoms with Gasteiger partial charge in [-0.15, -0.1) is 0 Å². The van der Waals surface area contributed by atoms with Gasteiger partial charge < -0.3 is 32.3 Å². The third kappa shape index (κ3) is 9.89. The molecule has 0 aromatic carbocycles. The monoisotopic (exact) mass is 378 g/mol. The minimum atomic E-state index is -1.24. The van der Waals surface area contributed by atoms with Crippen LogP contribution in [0.3, 0.4) is 0 Å². The minimum Gasteiger partial charge on any atom is -0.481 e. The number of aliphatic carboxylic acids is 2. The van der Waals surface area contributed by atoms with E-state index in [1.807, 2.05) is 0 Å². The van der Waals surface area contributed by atoms with Crippen molar-refractivity contribution in [2.45, 2.75) is 50.2 Å². The number of carbonyl (C=O) groups is 4. The van der Waals surface area contributed by atoms with Crippen molar-refractivity contribution in [3.05, 3.63) is 0 Å². The molecular formula is C14H26N4O6S. The van der Waals surface area contributed by atoms with Crippen LogP contribution in [0.15, 0.2) is 0 Å². The second kappa shape index (κ2) is 12.5. The maximum Gasteiger partial charge on any atom is 0.327 e. The summed E-state index contributed by atoms with van der Waals surface area (Å²) >= 11 is 3.86. The molecule has 144 valence electrons. The maximum absolute atomic E-state index is 12.2. The Balaban J connectivity index is 4.84. The molecule has 0 rings (SSSR count). The topological polar surface area (TPSA) is 185 Å². The highest BCUT2D eigenvalue weighted by molar-refractivity contribution is 7.80. The molecule has 0 aliphatic heterocycles. The van der Waals surface area contributed by atoms with E-state index in [1.54, 1.807) is 0 Å². The first-order chi connectivity index (χ1) is 11.7. The quantitative estimate of drug-likeness (QED) is 0.146. The van der Waals surface area contributed by atoms with Gasteiger partial charge in [-0.05, 0) is 32.2 Å². The number of hydrogen-bond acceptors (Lipinski definition) is 7. The van der Waals surface area contributed by atoms with Crippen LogP contribution in [-0.4, -0.2) is 64.4 Å². The van der Waals surface area contributed by atoms with Crippen LogP contribution in [0.1, 0.15) is 32.1 Å². The van der Waals surface area contributed by atoms with E-state index in [4.69, 9.17) is 21.7 Å². The normalized spacial score (nSPS) is 14.2. The van der Waals surface area contributed by atoms with Gasteiger partial charge in [0.15, 0.2) is 0 Å². The first kappa shape index (κ1) is 23.1. The van der Waals surface area contributed by atoms with Gasteiger partial charge in [-0.25, -0.2) is 4.79 Å². The predicted octanol–water partition coefficient (Wildman–Crippen LogP) is -1.71. The van der Waals surface area contributed by atoms with Gasteiger partial charge in [0.1, 0.15) is 12.1 Å². The largest absolute Gasteiger partial charge is 0.481 e. The molecule has 0 radical (unpaired) electrons. The van der Waals surface area contributed by atoms with E-state index >= 15 is 0 Å². The molecule has 25 heavy (non-hydrogen) atoms. The summed E-state index contributed by atoms with van der Waals surface area (Å²) in [7, 11) is 0. The van der Waals surface area contributed by atoms with E-state index in [1.165, 1.54) is 0 Å². The summed E-state index contributed by atoms with van der Waals surface area (Å²) in [6, 6.07) is -3.26. The lowest BCUT2D eigenvalue weighted by Gasteiger charge is -2.22. The van der Waals surface area contributed by atoms with E-state index in [0.717, 1.165) is 0 Å². The van der Waals surface area contributed by atoms with Gasteiger partial charge in [0.05, 0.1) is 6.04 Å². The maximum atomic E-state index is 12.2. The van der Waals surface area contributed by atoms with Crippen molar-refractivity contribution in [3.63, 3.8) is 0 Å². The van der Waals surface area contributed by atoms with Gasteiger partial charge in [-0.3, -0.25) is 14.4 Å². The van der Waals surface area contributed by atoms with Gasteiger partial charge in [0.2, 0.25) is 11.8 Å². The van der Waals surface area contributed by atoms with Crippen molar-refractivity contribution in [2.75, 3.05) is 12.3 Å². The molecule has 0 aliphatic rings. The molecule has 8 N–H and O–H groups in total. The molecule has 0 fully saturated rings. The molecule has 0 bridgehead atoms. The number of thiol groups is 1. The molecule has 0 saturated heterocycles. The van der Waals surface area contributed by atoms with Crippen LogP contribution in [0, 0.1) is 0 Å². The molecule has 0 aromatic heterocycles. The first-order valence-electron chi connectivity index (χ1n) is 7.84. The Kier molecular flexibility index (Phi) is 11.6. The Bertz CT molecular complexity index is 476. The number of carbonyl (C=O) groups excluding carboxylic acids is 2. The summed E-state index contributed by atoms with van der Waals surface area (Å²) in [5, 5.41) is 22.3. The average Bonchev–Trinajstić information content (AvgIpc) is 2.55. The molecule has 0 spiro atoms. The molecule has 3 atom stereocenters. The Morgan fingerprint density at radius 3 is 2.04 bits per heavy atom. The summed E-state index contributed by atoms with van der Waals surface area (Å²) in [5.74, 6) is -3.78. The fourth-order valence-corrected chi connectivity index (χ4v) is 2.16. The first-order valence-corrected chi connectivity index (χ1v) is 8.48. The number of rotatable bonds is 13. The number of carboxylic acids is 2. The van der Waals surface area contributed by atoms with Crippen LogP contribution in [0.25, 0.3) is 0 Å². The van der Waals surface area contributed by atoms with Crippen LogP contribution in [0.5, 0.6) is 0 Å². The van der Waals surface area contributed by atoms with Gasteiger partial charge in [0, 0.05) is 12.2 Å². The second-order valence-corrected chi connectivity index (χ2v) is 5.83. The van der Waals surface area contributed by atoms with E-state index in [2.05, 4.69) is 23.3 Å². The van der Waals surface area contributed by atoms with E-state index in [9.17, 15) is 19.2 Å². The molecule has 0 aromatic rings. The van der Waals surface area contributed by atoms with Crippen molar-refractivity contribution >= 4 is 36.4 Å². The molecule has 0 heterocycles. The van der Waals surface area contributed by atoms with Crippen molar-refractivity contribution < 1.29 is 29.4 Å². The third-order valence-electron chi connectivity index (χ3n) is 3.38. The lowest BCUT2D eigenvalue weighted by atomic mass is 10.1. The number of nitrogens with one attached hydrogen (secondary N) is 2. The molecule has 2 amide bonds. The number of hydrogen-bond donors (Lipinski definition) is 7. The molecule has 3 unspecified atom stereocenters. The number of unbranched alkanes of at least 4 members (excludes halogenated alkanes) is 1. The second-order valence-electron chi connectivity index (χ2n) is 5.47. The highest BCUT2D eigenvalue weighted by Crippen LogP contribution is 2.04. The smallest absolute Gasteiger partial charge is 0.327 e. The third-order valence-corrected chi connectivity index (χ3v) is 3.75. The fourth-order valence-electron chi connectivity index (χ4n) is 1.91. The van der Waals surface area contributed by atoms with Gasteiger partial charge in [-0.1, -0.05) is 0 Å². The number of amides is 2. The van der Waals surface area contributed by atoms with Gasteiger partial charge in [-0.2, -0.15) is 12.6 Å².